The highest BCUT2D eigenvalue weighted by molar-refractivity contribution is 6.05. The molecule has 2 saturated heterocycles. The van der Waals surface area contributed by atoms with E-state index in [1.807, 2.05) is 6.92 Å². The lowest BCUT2D eigenvalue weighted by atomic mass is 9.65. The van der Waals surface area contributed by atoms with Crippen LogP contribution in [-0.2, 0) is 20.9 Å². The van der Waals surface area contributed by atoms with Crippen molar-refractivity contribution in [1.82, 2.24) is 4.90 Å². The van der Waals surface area contributed by atoms with Crippen LogP contribution in [0.4, 0.5) is 0 Å². The number of furan rings is 1. The Bertz CT molecular complexity index is 814. The van der Waals surface area contributed by atoms with E-state index in [1.165, 1.54) is 4.90 Å². The molecule has 3 heterocycles. The van der Waals surface area contributed by atoms with Gasteiger partial charge in [0.15, 0.2) is 5.79 Å². The Kier molecular flexibility index (Phi) is 4.60. The van der Waals surface area contributed by atoms with Crippen molar-refractivity contribution in [2.75, 3.05) is 0 Å². The van der Waals surface area contributed by atoms with E-state index in [9.17, 15) is 19.8 Å². The number of fused-ring (bicyclic) bond motifs is 3. The Morgan fingerprint density at radius 1 is 1.14 bits per heavy atom. The van der Waals surface area contributed by atoms with Crippen LogP contribution in [0.15, 0.2) is 16.5 Å². The second-order valence-electron chi connectivity index (χ2n) is 9.27. The molecule has 2 saturated carbocycles. The number of aliphatic hydroxyl groups is 2. The number of carbonyl (C=O) groups is 2. The zero-order valence-corrected chi connectivity index (χ0v) is 16.8. The molecule has 0 unspecified atom stereocenters. The van der Waals surface area contributed by atoms with Gasteiger partial charge in [-0.05, 0) is 37.8 Å². The zero-order valence-electron chi connectivity index (χ0n) is 16.8. The van der Waals surface area contributed by atoms with Crippen LogP contribution in [0.5, 0.6) is 0 Å². The summed E-state index contributed by atoms with van der Waals surface area (Å²) in [6.07, 6.45) is 5.44. The maximum absolute atomic E-state index is 13.4. The monoisotopic (exact) mass is 403 g/mol. The summed E-state index contributed by atoms with van der Waals surface area (Å²) in [6.45, 7) is 1.69. The first-order valence-electron chi connectivity index (χ1n) is 10.9. The molecule has 1 aromatic heterocycles. The molecule has 0 aromatic carbocycles. The molecule has 158 valence electrons. The standard InChI is InChI=1S/C22H29NO6/c1-12-9-15-19(21(26)23(20(15)25)13-5-3-2-4-6-13)16-10-18(29-22(12,16)27)17-8-7-14(11-24)28-17/h7-8,12-13,15-16,18-19,24,27H,2-6,9-11H2,1H3/t12-,15-,16-,18-,19-,22+/m0/s1. The predicted molar refractivity (Wildman–Crippen MR) is 101 cm³/mol. The first-order valence-corrected chi connectivity index (χ1v) is 10.9. The highest BCUT2D eigenvalue weighted by atomic mass is 16.6. The van der Waals surface area contributed by atoms with Gasteiger partial charge >= 0.3 is 0 Å². The van der Waals surface area contributed by atoms with Gasteiger partial charge in [0.25, 0.3) is 0 Å². The van der Waals surface area contributed by atoms with Crippen LogP contribution in [0.3, 0.4) is 0 Å². The van der Waals surface area contributed by atoms with E-state index in [2.05, 4.69) is 0 Å². The van der Waals surface area contributed by atoms with Crippen molar-refractivity contribution in [3.8, 4) is 0 Å². The van der Waals surface area contributed by atoms with Crippen molar-refractivity contribution < 1.29 is 29.0 Å². The van der Waals surface area contributed by atoms with Gasteiger partial charge in [0.05, 0.1) is 11.8 Å². The second-order valence-corrected chi connectivity index (χ2v) is 9.27. The Morgan fingerprint density at radius 2 is 1.90 bits per heavy atom. The van der Waals surface area contributed by atoms with E-state index in [0.29, 0.717) is 24.4 Å². The van der Waals surface area contributed by atoms with Crippen molar-refractivity contribution in [3.63, 3.8) is 0 Å². The van der Waals surface area contributed by atoms with Crippen LogP contribution >= 0.6 is 0 Å². The maximum Gasteiger partial charge on any atom is 0.233 e. The minimum Gasteiger partial charge on any atom is -0.461 e. The normalized spacial score (nSPS) is 40.4. The number of hydrogen-bond donors (Lipinski definition) is 2. The number of ether oxygens (including phenoxy) is 1. The number of aliphatic hydroxyl groups excluding tert-OH is 1. The lowest BCUT2D eigenvalue weighted by Crippen LogP contribution is -2.52. The molecule has 1 aromatic rings. The average molecular weight is 403 g/mol. The molecular weight excluding hydrogens is 374 g/mol. The quantitative estimate of drug-likeness (QED) is 0.752. The Hall–Kier alpha value is -1.70. The maximum atomic E-state index is 13.4. The summed E-state index contributed by atoms with van der Waals surface area (Å²) in [5.41, 5.74) is 0. The van der Waals surface area contributed by atoms with Crippen LogP contribution in [0.1, 0.15) is 69.5 Å². The third kappa shape index (κ3) is 2.81. The number of imide groups is 1. The third-order valence-electron chi connectivity index (χ3n) is 7.68. The van der Waals surface area contributed by atoms with E-state index in [0.717, 1.165) is 32.1 Å². The van der Waals surface area contributed by atoms with Gasteiger partial charge in [-0.2, -0.15) is 0 Å². The van der Waals surface area contributed by atoms with Gasteiger partial charge in [0, 0.05) is 17.9 Å². The van der Waals surface area contributed by atoms with Gasteiger partial charge in [-0.25, -0.2) is 0 Å². The number of rotatable bonds is 3. The number of carbonyl (C=O) groups excluding carboxylic acids is 2. The topological polar surface area (TPSA) is 100 Å². The average Bonchev–Trinajstić information content (AvgIpc) is 3.39. The molecule has 4 aliphatic rings. The van der Waals surface area contributed by atoms with Crippen LogP contribution in [0, 0.1) is 23.7 Å². The van der Waals surface area contributed by atoms with Crippen molar-refractivity contribution in [3.05, 3.63) is 23.7 Å². The van der Waals surface area contributed by atoms with Crippen LogP contribution in [0.2, 0.25) is 0 Å². The van der Waals surface area contributed by atoms with Gasteiger partial charge < -0.3 is 19.4 Å². The molecule has 7 nitrogen and oxygen atoms in total. The molecule has 7 heteroatoms. The molecule has 2 N–H and O–H groups in total. The van der Waals surface area contributed by atoms with Crippen molar-refractivity contribution in [2.45, 2.75) is 76.4 Å². The lowest BCUT2D eigenvalue weighted by molar-refractivity contribution is -0.266. The molecule has 5 rings (SSSR count). The fourth-order valence-corrected chi connectivity index (χ4v) is 6.20. The summed E-state index contributed by atoms with van der Waals surface area (Å²) >= 11 is 0. The van der Waals surface area contributed by atoms with Crippen LogP contribution < -0.4 is 0 Å². The SMILES string of the molecule is C[C@H]1C[C@@H]2C(=O)N(C3CCCCC3)C(=O)[C@@H]2[C@@H]2C[C@@H](c3ccc(CO)o3)O[C@]12O. The summed E-state index contributed by atoms with van der Waals surface area (Å²) in [7, 11) is 0. The third-order valence-corrected chi connectivity index (χ3v) is 7.68. The highest BCUT2D eigenvalue weighted by Gasteiger charge is 2.66. The first-order chi connectivity index (χ1) is 13.9. The fourth-order valence-electron chi connectivity index (χ4n) is 6.20. The predicted octanol–water partition coefficient (Wildman–Crippen LogP) is 2.51. The number of nitrogens with zero attached hydrogens (tertiary/aromatic N) is 1. The largest absolute Gasteiger partial charge is 0.461 e. The molecule has 0 spiro atoms. The number of amides is 2. The second kappa shape index (κ2) is 6.93. The Morgan fingerprint density at radius 3 is 2.59 bits per heavy atom. The lowest BCUT2D eigenvalue weighted by Gasteiger charge is -2.43. The van der Waals surface area contributed by atoms with E-state index < -0.39 is 23.7 Å². The fraction of sp³-hybridized carbons (Fsp3) is 0.727. The summed E-state index contributed by atoms with van der Waals surface area (Å²) in [5, 5.41) is 20.7. The van der Waals surface area contributed by atoms with Crippen LogP contribution in [-0.4, -0.2) is 38.8 Å². The Labute approximate surface area is 170 Å². The van der Waals surface area contributed by atoms with Crippen molar-refractivity contribution >= 4 is 11.8 Å². The van der Waals surface area contributed by atoms with Gasteiger partial charge in [0.2, 0.25) is 11.8 Å². The van der Waals surface area contributed by atoms with Crippen molar-refractivity contribution in [1.29, 1.82) is 0 Å². The molecule has 4 fully saturated rings. The van der Waals surface area contributed by atoms with Gasteiger partial charge in [-0.3, -0.25) is 14.5 Å². The highest BCUT2D eigenvalue weighted by Crippen LogP contribution is 2.58. The van der Waals surface area contributed by atoms with Gasteiger partial charge in [-0.1, -0.05) is 26.2 Å². The van der Waals surface area contributed by atoms with E-state index in [4.69, 9.17) is 9.15 Å². The zero-order chi connectivity index (χ0) is 20.3. The summed E-state index contributed by atoms with van der Waals surface area (Å²) in [5.74, 6) is -2.22. The van der Waals surface area contributed by atoms with E-state index in [1.54, 1.807) is 12.1 Å². The Balaban J connectivity index is 1.44. The van der Waals surface area contributed by atoms with Crippen molar-refractivity contribution in [2.24, 2.45) is 23.7 Å². The minimum atomic E-state index is -1.45. The van der Waals surface area contributed by atoms with E-state index >= 15 is 0 Å². The first kappa shape index (κ1) is 19.3. The molecule has 2 aliphatic heterocycles. The molecule has 2 amide bonds. The minimum absolute atomic E-state index is 0.00746. The molecule has 0 bridgehead atoms. The van der Waals surface area contributed by atoms with Crippen LogP contribution in [0.25, 0.3) is 0 Å². The molecule has 6 atom stereocenters. The molecule has 0 radical (unpaired) electrons. The summed E-state index contributed by atoms with van der Waals surface area (Å²) < 4.78 is 11.7. The number of hydrogen-bond acceptors (Lipinski definition) is 6. The smallest absolute Gasteiger partial charge is 0.233 e. The summed E-state index contributed by atoms with van der Waals surface area (Å²) in [6, 6.07) is 3.44. The van der Waals surface area contributed by atoms with Gasteiger partial charge in [-0.15, -0.1) is 0 Å². The number of likely N-dealkylation sites (tertiary alicyclic amines) is 1. The molecular formula is C22H29NO6. The van der Waals surface area contributed by atoms with Gasteiger partial charge in [0.1, 0.15) is 24.2 Å². The van der Waals surface area contributed by atoms with E-state index in [-0.39, 0.29) is 36.3 Å². The molecule has 2 aliphatic carbocycles. The summed E-state index contributed by atoms with van der Waals surface area (Å²) in [4.78, 5) is 28.2. The molecule has 29 heavy (non-hydrogen) atoms.